The number of carbonyl (C=O) groups excluding carboxylic acids is 2. The molecule has 0 spiro atoms. The number of hydrogen-bond acceptors (Lipinski definition) is 2. The highest BCUT2D eigenvalue weighted by atomic mass is 16.2. The van der Waals surface area contributed by atoms with Crippen LogP contribution in [0.2, 0.25) is 0 Å². The molecular formula is C6H8O2. The molecule has 0 saturated heterocycles. The molecule has 0 aromatic heterocycles. The van der Waals surface area contributed by atoms with Crippen molar-refractivity contribution >= 4 is 11.6 Å². The van der Waals surface area contributed by atoms with Crippen molar-refractivity contribution in [1.29, 1.82) is 0 Å². The van der Waals surface area contributed by atoms with Crippen molar-refractivity contribution in [3.05, 3.63) is 0 Å². The zero-order valence-corrected chi connectivity index (χ0v) is 4.81. The van der Waals surface area contributed by atoms with Crippen LogP contribution in [0.3, 0.4) is 0 Å². The summed E-state index contributed by atoms with van der Waals surface area (Å²) in [5.74, 6) is -0.0752. The van der Waals surface area contributed by atoms with Gasteiger partial charge in [0.1, 0.15) is 11.6 Å². The van der Waals surface area contributed by atoms with E-state index in [0.29, 0.717) is 6.42 Å². The number of rotatable bonds is 1. The summed E-state index contributed by atoms with van der Waals surface area (Å²) in [5.41, 5.74) is 0. The molecule has 0 aromatic carbocycles. The first-order chi connectivity index (χ1) is 3.72. The Balaban J connectivity index is 2.49. The molecule has 1 atom stereocenters. The van der Waals surface area contributed by atoms with Crippen LogP contribution < -0.4 is 0 Å². The molecule has 0 radical (unpaired) electrons. The SMILES string of the molecule is CC(=O)[C@@H]1CCC1=O. The molecule has 1 aliphatic rings. The van der Waals surface area contributed by atoms with E-state index >= 15 is 0 Å². The summed E-state index contributed by atoms with van der Waals surface area (Å²) >= 11 is 0. The van der Waals surface area contributed by atoms with Crippen molar-refractivity contribution in [2.75, 3.05) is 0 Å². The van der Waals surface area contributed by atoms with Crippen molar-refractivity contribution in [2.45, 2.75) is 19.8 Å². The first-order valence-corrected chi connectivity index (χ1v) is 2.75. The molecular weight excluding hydrogens is 104 g/mol. The quantitative estimate of drug-likeness (QED) is 0.464. The minimum Gasteiger partial charge on any atom is -0.299 e. The van der Waals surface area contributed by atoms with Crippen LogP contribution in [0.25, 0.3) is 0 Å². The van der Waals surface area contributed by atoms with Crippen LogP contribution in [0.4, 0.5) is 0 Å². The van der Waals surface area contributed by atoms with Gasteiger partial charge in [-0.1, -0.05) is 0 Å². The van der Waals surface area contributed by atoms with Crippen LogP contribution in [0.15, 0.2) is 0 Å². The first kappa shape index (κ1) is 5.48. The molecule has 1 aliphatic carbocycles. The normalized spacial score (nSPS) is 27.1. The molecule has 0 aromatic rings. The van der Waals surface area contributed by atoms with Gasteiger partial charge in [0.2, 0.25) is 0 Å². The van der Waals surface area contributed by atoms with Gasteiger partial charge in [-0.25, -0.2) is 0 Å². The molecule has 44 valence electrons. The maximum Gasteiger partial charge on any atom is 0.143 e. The maximum absolute atomic E-state index is 10.5. The minimum absolute atomic E-state index is 0.0289. The van der Waals surface area contributed by atoms with Gasteiger partial charge in [0.25, 0.3) is 0 Å². The average molecular weight is 112 g/mol. The fraction of sp³-hybridized carbons (Fsp3) is 0.667. The van der Waals surface area contributed by atoms with Gasteiger partial charge < -0.3 is 0 Å². The van der Waals surface area contributed by atoms with E-state index in [9.17, 15) is 9.59 Å². The zero-order chi connectivity index (χ0) is 6.15. The Kier molecular flexibility index (Phi) is 1.16. The van der Waals surface area contributed by atoms with Crippen molar-refractivity contribution in [1.82, 2.24) is 0 Å². The molecule has 1 fully saturated rings. The third kappa shape index (κ3) is 0.661. The second-order valence-electron chi connectivity index (χ2n) is 2.17. The van der Waals surface area contributed by atoms with Crippen molar-refractivity contribution in [2.24, 2.45) is 5.92 Å². The van der Waals surface area contributed by atoms with E-state index in [4.69, 9.17) is 0 Å². The van der Waals surface area contributed by atoms with E-state index in [0.717, 1.165) is 6.42 Å². The van der Waals surface area contributed by atoms with Crippen LogP contribution in [0, 0.1) is 5.92 Å². The Bertz CT molecular complexity index is 129. The average Bonchev–Trinajstić information content (AvgIpc) is 1.61. The number of carbonyl (C=O) groups is 2. The predicted molar refractivity (Wildman–Crippen MR) is 28.4 cm³/mol. The Morgan fingerprint density at radius 1 is 1.75 bits per heavy atom. The van der Waals surface area contributed by atoms with E-state index in [1.807, 2.05) is 0 Å². The summed E-state index contributed by atoms with van der Waals surface area (Å²) in [6.45, 7) is 1.47. The summed E-state index contributed by atoms with van der Waals surface area (Å²) in [6, 6.07) is 0. The summed E-state index contributed by atoms with van der Waals surface area (Å²) in [5, 5.41) is 0. The maximum atomic E-state index is 10.5. The van der Waals surface area contributed by atoms with Crippen molar-refractivity contribution < 1.29 is 9.59 Å². The number of hydrogen-bond donors (Lipinski definition) is 0. The lowest BCUT2D eigenvalue weighted by atomic mass is 9.81. The highest BCUT2D eigenvalue weighted by molar-refractivity contribution is 6.05. The van der Waals surface area contributed by atoms with Gasteiger partial charge in [-0.15, -0.1) is 0 Å². The second-order valence-corrected chi connectivity index (χ2v) is 2.17. The molecule has 0 amide bonds. The van der Waals surface area contributed by atoms with Gasteiger partial charge in [0.15, 0.2) is 0 Å². The topological polar surface area (TPSA) is 34.1 Å². The largest absolute Gasteiger partial charge is 0.299 e. The monoisotopic (exact) mass is 112 g/mol. The highest BCUT2D eigenvalue weighted by Crippen LogP contribution is 2.22. The molecule has 1 saturated carbocycles. The highest BCUT2D eigenvalue weighted by Gasteiger charge is 2.31. The van der Waals surface area contributed by atoms with Crippen molar-refractivity contribution in [3.8, 4) is 0 Å². The third-order valence-electron chi connectivity index (χ3n) is 1.56. The summed E-state index contributed by atoms with van der Waals surface area (Å²) in [4.78, 5) is 20.9. The van der Waals surface area contributed by atoms with E-state index in [1.54, 1.807) is 0 Å². The Morgan fingerprint density at radius 3 is 2.38 bits per heavy atom. The Morgan fingerprint density at radius 2 is 2.38 bits per heavy atom. The molecule has 2 heteroatoms. The lowest BCUT2D eigenvalue weighted by molar-refractivity contribution is -0.137. The van der Waals surface area contributed by atoms with Gasteiger partial charge in [-0.3, -0.25) is 9.59 Å². The third-order valence-corrected chi connectivity index (χ3v) is 1.56. The van der Waals surface area contributed by atoms with Crippen molar-refractivity contribution in [3.63, 3.8) is 0 Å². The molecule has 0 bridgehead atoms. The fourth-order valence-corrected chi connectivity index (χ4v) is 0.836. The standard InChI is InChI=1S/C6H8O2/c1-4(7)5-2-3-6(5)8/h5H,2-3H2,1H3/t5-/m0/s1. The smallest absolute Gasteiger partial charge is 0.143 e. The van der Waals surface area contributed by atoms with Gasteiger partial charge in [-0.2, -0.15) is 0 Å². The lowest BCUT2D eigenvalue weighted by Gasteiger charge is -2.19. The molecule has 8 heavy (non-hydrogen) atoms. The zero-order valence-electron chi connectivity index (χ0n) is 4.81. The number of ketones is 2. The predicted octanol–water partition coefficient (Wildman–Crippen LogP) is 0.554. The minimum atomic E-state index is -0.227. The van der Waals surface area contributed by atoms with Gasteiger partial charge in [0, 0.05) is 6.42 Å². The van der Waals surface area contributed by atoms with E-state index in [1.165, 1.54) is 6.92 Å². The Labute approximate surface area is 47.9 Å². The van der Waals surface area contributed by atoms with Gasteiger partial charge in [-0.05, 0) is 13.3 Å². The van der Waals surface area contributed by atoms with Crippen LogP contribution >= 0.6 is 0 Å². The molecule has 2 nitrogen and oxygen atoms in total. The van der Waals surface area contributed by atoms with Crippen LogP contribution in [-0.4, -0.2) is 11.6 Å². The molecule has 0 aliphatic heterocycles. The molecule has 1 rings (SSSR count). The molecule has 0 N–H and O–H groups in total. The van der Waals surface area contributed by atoms with Gasteiger partial charge in [0.05, 0.1) is 5.92 Å². The van der Waals surface area contributed by atoms with E-state index < -0.39 is 0 Å². The molecule has 0 unspecified atom stereocenters. The second kappa shape index (κ2) is 1.69. The summed E-state index contributed by atoms with van der Waals surface area (Å²) < 4.78 is 0. The van der Waals surface area contributed by atoms with Crippen LogP contribution in [0.5, 0.6) is 0 Å². The first-order valence-electron chi connectivity index (χ1n) is 2.75. The van der Waals surface area contributed by atoms with Crippen LogP contribution in [0.1, 0.15) is 19.8 Å². The summed E-state index contributed by atoms with van der Waals surface area (Å²) in [6.07, 6.45) is 1.40. The fourth-order valence-electron chi connectivity index (χ4n) is 0.836. The lowest BCUT2D eigenvalue weighted by Crippen LogP contribution is -2.31. The van der Waals surface area contributed by atoms with E-state index in [-0.39, 0.29) is 17.5 Å². The van der Waals surface area contributed by atoms with Gasteiger partial charge >= 0.3 is 0 Å². The number of Topliss-reactive ketones (excluding diaryl/α,β-unsaturated/α-hetero) is 2. The van der Waals surface area contributed by atoms with Crippen LogP contribution in [-0.2, 0) is 9.59 Å². The Hall–Kier alpha value is -0.660. The summed E-state index contributed by atoms with van der Waals surface area (Å²) in [7, 11) is 0. The molecule has 0 heterocycles. The van der Waals surface area contributed by atoms with E-state index in [2.05, 4.69) is 0 Å².